The fraction of sp³-hybridized carbons (Fsp3) is 0.778. The molecule has 0 aromatic rings. The van der Waals surface area contributed by atoms with Crippen LogP contribution in [0.1, 0.15) is 34.1 Å². The van der Waals surface area contributed by atoms with Crippen molar-refractivity contribution in [3.63, 3.8) is 0 Å². The van der Waals surface area contributed by atoms with Crippen LogP contribution < -0.4 is 0 Å². The third-order valence-electron chi connectivity index (χ3n) is 1.91. The Bertz CT molecular complexity index is 188. The van der Waals surface area contributed by atoms with Crippen LogP contribution in [-0.2, 0) is 9.59 Å². The van der Waals surface area contributed by atoms with Crippen LogP contribution in [0, 0.1) is 11.3 Å². The predicted octanol–water partition coefficient (Wildman–Crippen LogP) is 1.71. The van der Waals surface area contributed by atoms with Crippen molar-refractivity contribution in [2.24, 2.45) is 11.3 Å². The van der Waals surface area contributed by atoms with Gasteiger partial charge in [0.15, 0.2) is 0 Å². The minimum absolute atomic E-state index is 0.0510. The van der Waals surface area contributed by atoms with Gasteiger partial charge in [0, 0.05) is 5.92 Å². The zero-order valence-corrected chi connectivity index (χ0v) is 8.05. The molecule has 0 aliphatic carbocycles. The summed E-state index contributed by atoms with van der Waals surface area (Å²) in [5.41, 5.74) is -0.260. The minimum atomic E-state index is -0.912. The maximum atomic E-state index is 11.1. The third-order valence-corrected chi connectivity index (χ3v) is 1.91. The number of carbonyl (C=O) groups is 2. The Balaban J connectivity index is 4.46. The second kappa shape index (κ2) is 3.70. The molecule has 0 spiro atoms. The Kier molecular flexibility index (Phi) is 3.43. The highest BCUT2D eigenvalue weighted by Gasteiger charge is 2.30. The van der Waals surface area contributed by atoms with Crippen molar-refractivity contribution < 1.29 is 14.7 Å². The lowest BCUT2D eigenvalue weighted by atomic mass is 9.76. The SMILES string of the molecule is CC(=O)C(CC(=O)O)C(C)(C)C. The van der Waals surface area contributed by atoms with Gasteiger partial charge in [0.2, 0.25) is 0 Å². The molecule has 0 radical (unpaired) electrons. The largest absolute Gasteiger partial charge is 0.481 e. The molecule has 0 aliphatic rings. The highest BCUT2D eigenvalue weighted by Crippen LogP contribution is 2.29. The Hall–Kier alpha value is -0.860. The molecule has 1 unspecified atom stereocenters. The molecule has 0 saturated carbocycles. The molecule has 12 heavy (non-hydrogen) atoms. The number of carbonyl (C=O) groups excluding carboxylic acids is 1. The van der Waals surface area contributed by atoms with Gasteiger partial charge in [0.25, 0.3) is 0 Å². The monoisotopic (exact) mass is 172 g/mol. The first kappa shape index (κ1) is 11.1. The molecule has 0 aromatic heterocycles. The number of hydrogen-bond donors (Lipinski definition) is 1. The van der Waals surface area contributed by atoms with E-state index in [9.17, 15) is 9.59 Å². The van der Waals surface area contributed by atoms with Crippen LogP contribution in [0.3, 0.4) is 0 Å². The van der Waals surface area contributed by atoms with Crippen molar-refractivity contribution >= 4 is 11.8 Å². The molecular weight excluding hydrogens is 156 g/mol. The molecule has 0 saturated heterocycles. The van der Waals surface area contributed by atoms with Crippen molar-refractivity contribution in [3.05, 3.63) is 0 Å². The summed E-state index contributed by atoms with van der Waals surface area (Å²) in [6.45, 7) is 7.07. The molecule has 0 aromatic carbocycles. The zero-order chi connectivity index (χ0) is 9.94. The molecule has 70 valence electrons. The number of carboxylic acid groups (broad SMARTS) is 1. The first-order chi connectivity index (χ1) is 5.25. The Morgan fingerprint density at radius 3 is 1.83 bits per heavy atom. The van der Waals surface area contributed by atoms with Gasteiger partial charge in [-0.25, -0.2) is 0 Å². The maximum absolute atomic E-state index is 11.1. The van der Waals surface area contributed by atoms with Gasteiger partial charge in [0.1, 0.15) is 5.78 Å². The molecule has 3 heteroatoms. The van der Waals surface area contributed by atoms with E-state index in [2.05, 4.69) is 0 Å². The number of carboxylic acids is 1. The molecule has 0 amide bonds. The topological polar surface area (TPSA) is 54.4 Å². The van der Waals surface area contributed by atoms with Gasteiger partial charge in [-0.1, -0.05) is 20.8 Å². The quantitative estimate of drug-likeness (QED) is 0.705. The maximum Gasteiger partial charge on any atom is 0.304 e. The first-order valence-electron chi connectivity index (χ1n) is 3.97. The van der Waals surface area contributed by atoms with Gasteiger partial charge >= 0.3 is 5.97 Å². The summed E-state index contributed by atoms with van der Waals surface area (Å²) in [6.07, 6.45) is -0.0706. The summed E-state index contributed by atoms with van der Waals surface area (Å²) in [6, 6.07) is 0. The van der Waals surface area contributed by atoms with Crippen molar-refractivity contribution in [2.75, 3.05) is 0 Å². The fourth-order valence-corrected chi connectivity index (χ4v) is 1.23. The molecule has 0 fully saturated rings. The van der Waals surface area contributed by atoms with E-state index in [1.165, 1.54) is 6.92 Å². The van der Waals surface area contributed by atoms with Crippen molar-refractivity contribution in [3.8, 4) is 0 Å². The Morgan fingerprint density at radius 2 is 1.75 bits per heavy atom. The van der Waals surface area contributed by atoms with Gasteiger partial charge in [-0.05, 0) is 12.3 Å². The second-order valence-electron chi connectivity index (χ2n) is 4.13. The summed E-state index contributed by atoms with van der Waals surface area (Å²) in [4.78, 5) is 21.5. The fourth-order valence-electron chi connectivity index (χ4n) is 1.23. The smallest absolute Gasteiger partial charge is 0.304 e. The predicted molar refractivity (Wildman–Crippen MR) is 45.9 cm³/mol. The van der Waals surface area contributed by atoms with E-state index in [1.807, 2.05) is 20.8 Å². The van der Waals surface area contributed by atoms with Gasteiger partial charge in [0.05, 0.1) is 6.42 Å². The van der Waals surface area contributed by atoms with Gasteiger partial charge in [-0.15, -0.1) is 0 Å². The summed E-state index contributed by atoms with van der Waals surface area (Å²) < 4.78 is 0. The molecule has 0 bridgehead atoms. The van der Waals surface area contributed by atoms with Crippen molar-refractivity contribution in [1.82, 2.24) is 0 Å². The summed E-state index contributed by atoms with van der Waals surface area (Å²) in [5, 5.41) is 8.54. The average Bonchev–Trinajstić information content (AvgIpc) is 1.79. The first-order valence-corrected chi connectivity index (χ1v) is 3.97. The lowest BCUT2D eigenvalue weighted by molar-refractivity contribution is -0.142. The van der Waals surface area contributed by atoms with E-state index in [0.29, 0.717) is 0 Å². The molecule has 1 N–H and O–H groups in total. The van der Waals surface area contributed by atoms with E-state index in [4.69, 9.17) is 5.11 Å². The Morgan fingerprint density at radius 1 is 1.33 bits per heavy atom. The average molecular weight is 172 g/mol. The lowest BCUT2D eigenvalue weighted by Gasteiger charge is -2.26. The van der Waals surface area contributed by atoms with Crippen LogP contribution in [0.15, 0.2) is 0 Å². The molecule has 0 heterocycles. The summed E-state index contributed by atoms with van der Waals surface area (Å²) in [7, 11) is 0. The number of rotatable bonds is 3. The number of Topliss-reactive ketones (excluding diaryl/α,β-unsaturated/α-hetero) is 1. The van der Waals surface area contributed by atoms with Crippen LogP contribution in [0.25, 0.3) is 0 Å². The van der Waals surface area contributed by atoms with Crippen molar-refractivity contribution in [2.45, 2.75) is 34.1 Å². The van der Waals surface area contributed by atoms with E-state index in [1.54, 1.807) is 0 Å². The van der Waals surface area contributed by atoms with Gasteiger partial charge < -0.3 is 5.11 Å². The van der Waals surface area contributed by atoms with Gasteiger partial charge in [-0.2, -0.15) is 0 Å². The number of ketones is 1. The third kappa shape index (κ3) is 3.51. The zero-order valence-electron chi connectivity index (χ0n) is 8.05. The van der Waals surface area contributed by atoms with Crippen LogP contribution in [0.5, 0.6) is 0 Å². The summed E-state index contributed by atoms with van der Waals surface area (Å²) >= 11 is 0. The van der Waals surface area contributed by atoms with Crippen LogP contribution in [0.2, 0.25) is 0 Å². The Labute approximate surface area is 72.8 Å². The van der Waals surface area contributed by atoms with E-state index in [0.717, 1.165) is 0 Å². The van der Waals surface area contributed by atoms with E-state index >= 15 is 0 Å². The molecule has 0 aliphatic heterocycles. The van der Waals surface area contributed by atoms with Crippen LogP contribution in [0.4, 0.5) is 0 Å². The van der Waals surface area contributed by atoms with Crippen molar-refractivity contribution in [1.29, 1.82) is 0 Å². The lowest BCUT2D eigenvalue weighted by Crippen LogP contribution is -2.29. The highest BCUT2D eigenvalue weighted by molar-refractivity contribution is 5.83. The van der Waals surface area contributed by atoms with Crippen LogP contribution >= 0.6 is 0 Å². The molecule has 3 nitrogen and oxygen atoms in total. The van der Waals surface area contributed by atoms with Crippen LogP contribution in [-0.4, -0.2) is 16.9 Å². The molecule has 1 atom stereocenters. The highest BCUT2D eigenvalue weighted by atomic mass is 16.4. The minimum Gasteiger partial charge on any atom is -0.481 e. The molecular formula is C9H16O3. The second-order valence-corrected chi connectivity index (χ2v) is 4.13. The standard InChI is InChI=1S/C9H16O3/c1-6(10)7(5-8(11)12)9(2,3)4/h7H,5H2,1-4H3,(H,11,12). The molecule has 0 rings (SSSR count). The van der Waals surface area contributed by atoms with Gasteiger partial charge in [-0.3, -0.25) is 9.59 Å². The van der Waals surface area contributed by atoms with E-state index < -0.39 is 5.97 Å². The van der Waals surface area contributed by atoms with E-state index in [-0.39, 0.29) is 23.5 Å². The number of aliphatic carboxylic acids is 1. The normalized spacial score (nSPS) is 14.0. The summed E-state index contributed by atoms with van der Waals surface area (Å²) in [5.74, 6) is -1.34. The number of hydrogen-bond acceptors (Lipinski definition) is 2.